The molecule has 0 aliphatic heterocycles. The lowest BCUT2D eigenvalue weighted by atomic mass is 10.7. The molecule has 0 saturated heterocycles. The third kappa shape index (κ3) is 3.33. The van der Waals surface area contributed by atoms with Gasteiger partial charge >= 0.3 is 0 Å². The van der Waals surface area contributed by atoms with Crippen LogP contribution >= 0.6 is 11.6 Å². The number of allylic oxidation sites excluding steroid dienone is 1. The Kier molecular flexibility index (Phi) is 3.42. The predicted octanol–water partition coefficient (Wildman–Crippen LogP) is 0.485. The second-order valence-electron chi connectivity index (χ2n) is 0.901. The zero-order valence-corrected chi connectivity index (χ0v) is 4.70. The Hall–Kier alpha value is -0.500. The molecule has 0 rings (SSSR count). The van der Waals surface area contributed by atoms with Gasteiger partial charge in [-0.2, -0.15) is 0 Å². The average Bonchev–Trinajstić information content (AvgIpc) is 1.68. The first-order valence-electron chi connectivity index (χ1n) is 1.80. The molecule has 0 aliphatic carbocycles. The van der Waals surface area contributed by atoms with Gasteiger partial charge < -0.3 is 5.32 Å². The molecule has 7 heavy (non-hydrogen) atoms. The number of nitrogens with one attached hydrogen (secondary N) is 1. The van der Waals surface area contributed by atoms with E-state index < -0.39 is 0 Å². The van der Waals surface area contributed by atoms with Crippen molar-refractivity contribution in [3.05, 3.63) is 11.2 Å². The molecule has 0 fully saturated rings. The van der Waals surface area contributed by atoms with Crippen LogP contribution in [0.3, 0.4) is 0 Å². The van der Waals surface area contributed by atoms with E-state index in [2.05, 4.69) is 5.32 Å². The minimum atomic E-state index is 0.356. The smallest absolute Gasteiger partial charge is 0.145 e. The fourth-order valence-corrected chi connectivity index (χ4v) is 0.195. The third-order valence-corrected chi connectivity index (χ3v) is 0.768. The first kappa shape index (κ1) is 6.50. The fraction of sp³-hybridized carbons (Fsp3) is 0.250. The maximum absolute atomic E-state index is 9.57. The molecular formula is C4H6ClNO. The quantitative estimate of drug-likeness (QED) is 0.326. The maximum atomic E-state index is 9.57. The highest BCUT2D eigenvalue weighted by Crippen LogP contribution is 1.88. The lowest BCUT2D eigenvalue weighted by Gasteiger charge is -1.87. The monoisotopic (exact) mass is 119 g/mol. The Morgan fingerprint density at radius 2 is 2.43 bits per heavy atom. The highest BCUT2D eigenvalue weighted by atomic mass is 35.5. The van der Waals surface area contributed by atoms with E-state index in [1.54, 1.807) is 7.05 Å². The second kappa shape index (κ2) is 3.68. The van der Waals surface area contributed by atoms with Gasteiger partial charge in [-0.05, 0) is 0 Å². The summed E-state index contributed by atoms with van der Waals surface area (Å²) in [4.78, 5) is 9.57. The van der Waals surface area contributed by atoms with Crippen molar-refractivity contribution in [2.24, 2.45) is 0 Å². The SMILES string of the molecule is CN/C(Cl)=C\C=O. The predicted molar refractivity (Wildman–Crippen MR) is 29.1 cm³/mol. The van der Waals surface area contributed by atoms with Gasteiger partial charge in [-0.1, -0.05) is 11.6 Å². The van der Waals surface area contributed by atoms with Crippen molar-refractivity contribution < 1.29 is 4.79 Å². The van der Waals surface area contributed by atoms with E-state index >= 15 is 0 Å². The van der Waals surface area contributed by atoms with E-state index in [0.29, 0.717) is 11.4 Å². The Bertz CT molecular complexity index is 89.7. The summed E-state index contributed by atoms with van der Waals surface area (Å²) in [6.07, 6.45) is 1.86. The summed E-state index contributed by atoms with van der Waals surface area (Å²) in [5.74, 6) is 0. The molecular weight excluding hydrogens is 114 g/mol. The van der Waals surface area contributed by atoms with Gasteiger partial charge in [0.2, 0.25) is 0 Å². The number of aldehydes is 1. The minimum absolute atomic E-state index is 0.356. The Labute approximate surface area is 47.2 Å². The lowest BCUT2D eigenvalue weighted by molar-refractivity contribution is -0.104. The van der Waals surface area contributed by atoms with Gasteiger partial charge in [-0.25, -0.2) is 0 Å². The van der Waals surface area contributed by atoms with Crippen LogP contribution in [0.25, 0.3) is 0 Å². The van der Waals surface area contributed by atoms with Gasteiger partial charge in [0.05, 0.1) is 0 Å². The van der Waals surface area contributed by atoms with Crippen LogP contribution in [0.15, 0.2) is 11.2 Å². The van der Waals surface area contributed by atoms with Crippen molar-refractivity contribution in [1.29, 1.82) is 0 Å². The number of carbonyl (C=O) groups is 1. The minimum Gasteiger partial charge on any atom is -0.379 e. The van der Waals surface area contributed by atoms with Crippen molar-refractivity contribution in [1.82, 2.24) is 5.32 Å². The van der Waals surface area contributed by atoms with Crippen molar-refractivity contribution in [2.45, 2.75) is 0 Å². The zero-order valence-electron chi connectivity index (χ0n) is 3.94. The van der Waals surface area contributed by atoms with Gasteiger partial charge in [-0.15, -0.1) is 0 Å². The summed E-state index contributed by atoms with van der Waals surface area (Å²) in [6, 6.07) is 0. The molecule has 3 heteroatoms. The summed E-state index contributed by atoms with van der Waals surface area (Å²) in [6.45, 7) is 0. The van der Waals surface area contributed by atoms with E-state index in [1.165, 1.54) is 6.08 Å². The number of halogens is 1. The Morgan fingerprint density at radius 3 is 2.57 bits per heavy atom. The summed E-state index contributed by atoms with van der Waals surface area (Å²) in [7, 11) is 1.64. The number of hydrogen-bond donors (Lipinski definition) is 1. The molecule has 0 bridgehead atoms. The topological polar surface area (TPSA) is 29.1 Å². The molecule has 0 saturated carbocycles. The van der Waals surface area contributed by atoms with Gasteiger partial charge in [-0.3, -0.25) is 4.79 Å². The molecule has 0 aromatic carbocycles. The van der Waals surface area contributed by atoms with Crippen molar-refractivity contribution in [2.75, 3.05) is 7.05 Å². The normalized spacial score (nSPS) is 10.9. The number of hydrogen-bond acceptors (Lipinski definition) is 2. The van der Waals surface area contributed by atoms with E-state index in [4.69, 9.17) is 11.6 Å². The van der Waals surface area contributed by atoms with Crippen molar-refractivity contribution in [3.8, 4) is 0 Å². The summed E-state index contributed by atoms with van der Waals surface area (Å²) in [5, 5.41) is 2.92. The standard InChI is InChI=1S/C4H6ClNO/c1-6-4(5)2-3-7/h2-3,6H,1H3/b4-2-. The van der Waals surface area contributed by atoms with E-state index in [9.17, 15) is 4.79 Å². The molecule has 0 atom stereocenters. The first-order valence-corrected chi connectivity index (χ1v) is 2.17. The summed E-state index contributed by atoms with van der Waals surface area (Å²) < 4.78 is 0. The van der Waals surface area contributed by atoms with Crippen molar-refractivity contribution >= 4 is 17.9 Å². The largest absolute Gasteiger partial charge is 0.379 e. The van der Waals surface area contributed by atoms with Crippen LogP contribution < -0.4 is 5.32 Å². The average molecular weight is 120 g/mol. The first-order chi connectivity index (χ1) is 3.31. The molecule has 1 N–H and O–H groups in total. The Balaban J connectivity index is 3.49. The second-order valence-corrected chi connectivity index (χ2v) is 1.31. The molecule has 40 valence electrons. The highest BCUT2D eigenvalue weighted by molar-refractivity contribution is 6.30. The number of rotatable bonds is 2. The molecule has 0 aromatic rings. The molecule has 0 heterocycles. The summed E-state index contributed by atoms with van der Waals surface area (Å²) >= 11 is 5.28. The summed E-state index contributed by atoms with van der Waals surface area (Å²) in [5.41, 5.74) is 0. The van der Waals surface area contributed by atoms with E-state index in [-0.39, 0.29) is 0 Å². The van der Waals surface area contributed by atoms with E-state index in [0.717, 1.165) is 0 Å². The van der Waals surface area contributed by atoms with Gasteiger partial charge in [0.1, 0.15) is 11.4 Å². The molecule has 0 aliphatic rings. The van der Waals surface area contributed by atoms with Crippen LogP contribution in [-0.2, 0) is 4.79 Å². The molecule has 0 unspecified atom stereocenters. The third-order valence-electron chi connectivity index (χ3n) is 0.453. The molecule has 0 aromatic heterocycles. The maximum Gasteiger partial charge on any atom is 0.145 e. The van der Waals surface area contributed by atoms with Crippen LogP contribution in [0.1, 0.15) is 0 Å². The molecule has 0 amide bonds. The molecule has 2 nitrogen and oxygen atoms in total. The highest BCUT2D eigenvalue weighted by Gasteiger charge is 1.77. The van der Waals surface area contributed by atoms with Gasteiger partial charge in [0.15, 0.2) is 0 Å². The van der Waals surface area contributed by atoms with Crippen LogP contribution in [-0.4, -0.2) is 13.3 Å². The zero-order chi connectivity index (χ0) is 5.70. The van der Waals surface area contributed by atoms with Gasteiger partial charge in [0, 0.05) is 13.1 Å². The molecule has 0 spiro atoms. The van der Waals surface area contributed by atoms with E-state index in [1.807, 2.05) is 0 Å². The number of carbonyl (C=O) groups excluding carboxylic acids is 1. The Morgan fingerprint density at radius 1 is 1.86 bits per heavy atom. The van der Waals surface area contributed by atoms with Crippen LogP contribution in [0, 0.1) is 0 Å². The van der Waals surface area contributed by atoms with Gasteiger partial charge in [0.25, 0.3) is 0 Å². The lowest BCUT2D eigenvalue weighted by Crippen LogP contribution is -1.98. The van der Waals surface area contributed by atoms with Crippen LogP contribution in [0.2, 0.25) is 0 Å². The van der Waals surface area contributed by atoms with Crippen LogP contribution in [0.4, 0.5) is 0 Å². The van der Waals surface area contributed by atoms with Crippen molar-refractivity contribution in [3.63, 3.8) is 0 Å². The molecule has 0 radical (unpaired) electrons. The van der Waals surface area contributed by atoms with Crippen LogP contribution in [0.5, 0.6) is 0 Å². The fourth-order valence-electron chi connectivity index (χ4n) is 0.143.